The van der Waals surface area contributed by atoms with Gasteiger partial charge in [-0.3, -0.25) is 14.9 Å². The van der Waals surface area contributed by atoms with Gasteiger partial charge in [-0.15, -0.1) is 0 Å². The Morgan fingerprint density at radius 2 is 2.14 bits per heavy atom. The second-order valence-corrected chi connectivity index (χ2v) is 4.78. The van der Waals surface area contributed by atoms with Crippen LogP contribution in [0, 0.1) is 6.92 Å². The maximum Gasteiger partial charge on any atom is 0.272 e. The number of anilines is 1. The summed E-state index contributed by atoms with van der Waals surface area (Å²) >= 11 is 0. The van der Waals surface area contributed by atoms with Crippen molar-refractivity contribution in [2.75, 3.05) is 18.4 Å². The van der Waals surface area contributed by atoms with E-state index in [1.165, 1.54) is 0 Å². The molecule has 0 bridgehead atoms. The maximum atomic E-state index is 12.3. The maximum absolute atomic E-state index is 12.3. The number of hydrogen-bond donors (Lipinski definition) is 2. The molecular weight excluding hydrogens is 266 g/mol. The lowest BCUT2D eigenvalue weighted by Crippen LogP contribution is -2.31. The minimum atomic E-state index is -0.0388. The highest BCUT2D eigenvalue weighted by Crippen LogP contribution is 2.12. The number of rotatable bonds is 6. The predicted molar refractivity (Wildman–Crippen MR) is 82.1 cm³/mol. The average Bonchev–Trinajstić information content (AvgIpc) is 2.92. The molecular formula is C15H21N5O. The van der Waals surface area contributed by atoms with Gasteiger partial charge in [0.1, 0.15) is 5.69 Å². The van der Waals surface area contributed by atoms with Gasteiger partial charge in [0.15, 0.2) is 0 Å². The van der Waals surface area contributed by atoms with Crippen LogP contribution in [0.3, 0.4) is 0 Å². The van der Waals surface area contributed by atoms with E-state index < -0.39 is 0 Å². The number of pyridine rings is 1. The van der Waals surface area contributed by atoms with Crippen LogP contribution >= 0.6 is 0 Å². The Morgan fingerprint density at radius 3 is 2.76 bits per heavy atom. The van der Waals surface area contributed by atoms with Gasteiger partial charge >= 0.3 is 0 Å². The molecule has 2 heterocycles. The van der Waals surface area contributed by atoms with Gasteiger partial charge in [0, 0.05) is 42.8 Å². The van der Waals surface area contributed by atoms with Crippen molar-refractivity contribution in [3.63, 3.8) is 0 Å². The van der Waals surface area contributed by atoms with E-state index in [2.05, 4.69) is 20.5 Å². The smallest absolute Gasteiger partial charge is 0.272 e. The van der Waals surface area contributed by atoms with E-state index >= 15 is 0 Å². The molecule has 0 spiro atoms. The van der Waals surface area contributed by atoms with Gasteiger partial charge in [-0.2, -0.15) is 5.10 Å². The number of aromatic amines is 1. The first-order chi connectivity index (χ1) is 10.2. The molecule has 2 N–H and O–H groups in total. The highest BCUT2D eigenvalue weighted by atomic mass is 16.2. The Hall–Kier alpha value is -2.37. The van der Waals surface area contributed by atoms with Crippen LogP contribution in [0.25, 0.3) is 0 Å². The Kier molecular flexibility index (Phi) is 4.92. The summed E-state index contributed by atoms with van der Waals surface area (Å²) in [7, 11) is 0. The first kappa shape index (κ1) is 15.0. The van der Waals surface area contributed by atoms with Gasteiger partial charge in [-0.1, -0.05) is 0 Å². The van der Waals surface area contributed by atoms with Gasteiger partial charge in [-0.05, 0) is 32.9 Å². The standard InChI is InChI=1S/C15H21N5O/c1-4-20(5-2)15(21)14-8-13(6-7-16-14)17-9-12-10-18-19-11(12)3/h6-8,10H,4-5,9H2,1-3H3,(H,16,17)(H,18,19). The first-order valence-corrected chi connectivity index (χ1v) is 7.13. The lowest BCUT2D eigenvalue weighted by atomic mass is 10.2. The zero-order valence-corrected chi connectivity index (χ0v) is 12.7. The number of carbonyl (C=O) groups is 1. The first-order valence-electron chi connectivity index (χ1n) is 7.13. The monoisotopic (exact) mass is 287 g/mol. The Bertz CT molecular complexity index is 604. The highest BCUT2D eigenvalue weighted by molar-refractivity contribution is 5.93. The molecule has 2 aromatic rings. The minimum Gasteiger partial charge on any atom is -0.381 e. The average molecular weight is 287 g/mol. The number of H-pyrrole nitrogens is 1. The van der Waals surface area contributed by atoms with Crippen molar-refractivity contribution in [2.45, 2.75) is 27.3 Å². The minimum absolute atomic E-state index is 0.0388. The molecule has 2 aromatic heterocycles. The van der Waals surface area contributed by atoms with E-state index in [0.29, 0.717) is 25.3 Å². The quantitative estimate of drug-likeness (QED) is 0.854. The normalized spacial score (nSPS) is 10.4. The third-order valence-corrected chi connectivity index (χ3v) is 3.45. The molecule has 0 aliphatic rings. The van der Waals surface area contributed by atoms with Gasteiger partial charge in [-0.25, -0.2) is 0 Å². The molecule has 0 atom stereocenters. The molecule has 0 saturated carbocycles. The van der Waals surface area contributed by atoms with Gasteiger partial charge in [0.25, 0.3) is 5.91 Å². The Balaban J connectivity index is 2.07. The van der Waals surface area contributed by atoms with Crippen LogP contribution in [0.15, 0.2) is 24.5 Å². The predicted octanol–water partition coefficient (Wildman–Crippen LogP) is 2.21. The van der Waals surface area contributed by atoms with Crippen molar-refractivity contribution < 1.29 is 4.79 Å². The molecule has 0 unspecified atom stereocenters. The number of nitrogens with zero attached hydrogens (tertiary/aromatic N) is 3. The van der Waals surface area contributed by atoms with Crippen LogP contribution < -0.4 is 5.32 Å². The topological polar surface area (TPSA) is 73.9 Å². The Morgan fingerprint density at radius 1 is 1.38 bits per heavy atom. The second-order valence-electron chi connectivity index (χ2n) is 4.78. The molecule has 21 heavy (non-hydrogen) atoms. The summed E-state index contributed by atoms with van der Waals surface area (Å²) < 4.78 is 0. The zero-order valence-electron chi connectivity index (χ0n) is 12.7. The fourth-order valence-electron chi connectivity index (χ4n) is 2.08. The molecule has 0 saturated heterocycles. The van der Waals surface area contributed by atoms with Crippen LogP contribution in [0.5, 0.6) is 0 Å². The van der Waals surface area contributed by atoms with Crippen molar-refractivity contribution in [1.82, 2.24) is 20.1 Å². The fourth-order valence-corrected chi connectivity index (χ4v) is 2.08. The summed E-state index contributed by atoms with van der Waals surface area (Å²) in [6.07, 6.45) is 3.45. The SMILES string of the molecule is CCN(CC)C(=O)c1cc(NCc2cn[nH]c2C)ccn1. The molecule has 0 aliphatic heterocycles. The zero-order chi connectivity index (χ0) is 15.2. The largest absolute Gasteiger partial charge is 0.381 e. The number of carbonyl (C=O) groups excluding carboxylic acids is 1. The van der Waals surface area contributed by atoms with E-state index in [4.69, 9.17) is 0 Å². The fraction of sp³-hybridized carbons (Fsp3) is 0.400. The third-order valence-electron chi connectivity index (χ3n) is 3.45. The van der Waals surface area contributed by atoms with Crippen LogP contribution in [-0.2, 0) is 6.54 Å². The van der Waals surface area contributed by atoms with Crippen molar-refractivity contribution in [1.29, 1.82) is 0 Å². The number of aromatic nitrogens is 3. The van der Waals surface area contributed by atoms with E-state index in [9.17, 15) is 4.79 Å². The van der Waals surface area contributed by atoms with Crippen molar-refractivity contribution in [3.8, 4) is 0 Å². The summed E-state index contributed by atoms with van der Waals surface area (Å²) in [4.78, 5) is 18.2. The summed E-state index contributed by atoms with van der Waals surface area (Å²) in [6.45, 7) is 7.93. The summed E-state index contributed by atoms with van der Waals surface area (Å²) in [5, 5.41) is 10.2. The molecule has 1 amide bonds. The molecule has 6 heteroatoms. The van der Waals surface area contributed by atoms with Crippen LogP contribution in [0.1, 0.15) is 35.6 Å². The lowest BCUT2D eigenvalue weighted by Gasteiger charge is -2.18. The molecule has 2 rings (SSSR count). The van der Waals surface area contributed by atoms with Crippen molar-refractivity contribution in [3.05, 3.63) is 41.5 Å². The molecule has 0 aliphatic carbocycles. The second kappa shape index (κ2) is 6.88. The van der Waals surface area contributed by atoms with E-state index in [1.807, 2.05) is 26.8 Å². The van der Waals surface area contributed by atoms with Crippen molar-refractivity contribution >= 4 is 11.6 Å². The number of nitrogens with one attached hydrogen (secondary N) is 2. The molecule has 0 aromatic carbocycles. The van der Waals surface area contributed by atoms with Crippen LogP contribution in [0.2, 0.25) is 0 Å². The summed E-state index contributed by atoms with van der Waals surface area (Å²) in [5.74, 6) is -0.0388. The van der Waals surface area contributed by atoms with E-state index in [-0.39, 0.29) is 5.91 Å². The van der Waals surface area contributed by atoms with E-state index in [1.54, 1.807) is 23.4 Å². The summed E-state index contributed by atoms with van der Waals surface area (Å²) in [6, 6.07) is 3.64. The summed E-state index contributed by atoms with van der Waals surface area (Å²) in [5.41, 5.74) is 3.48. The molecule has 6 nitrogen and oxygen atoms in total. The number of amides is 1. The van der Waals surface area contributed by atoms with Crippen LogP contribution in [-0.4, -0.2) is 39.1 Å². The Labute approximate surface area is 124 Å². The number of hydrogen-bond acceptors (Lipinski definition) is 4. The highest BCUT2D eigenvalue weighted by Gasteiger charge is 2.14. The number of aryl methyl sites for hydroxylation is 1. The van der Waals surface area contributed by atoms with Crippen LogP contribution in [0.4, 0.5) is 5.69 Å². The third kappa shape index (κ3) is 3.59. The van der Waals surface area contributed by atoms with Crippen molar-refractivity contribution in [2.24, 2.45) is 0 Å². The van der Waals surface area contributed by atoms with Gasteiger partial charge in [0.05, 0.1) is 6.20 Å². The molecule has 0 fully saturated rings. The van der Waals surface area contributed by atoms with Gasteiger partial charge in [0.2, 0.25) is 0 Å². The van der Waals surface area contributed by atoms with Gasteiger partial charge < -0.3 is 10.2 Å². The lowest BCUT2D eigenvalue weighted by molar-refractivity contribution is 0.0767. The van der Waals surface area contributed by atoms with E-state index in [0.717, 1.165) is 16.9 Å². The molecule has 0 radical (unpaired) electrons. The molecule has 112 valence electrons.